The summed E-state index contributed by atoms with van der Waals surface area (Å²) in [6.45, 7) is 0.353. The molecule has 4 aromatic carbocycles. The number of fused-ring (bicyclic) bond motifs is 6. The number of benzene rings is 4. The van der Waals surface area contributed by atoms with Crippen molar-refractivity contribution in [2.75, 3.05) is 13.6 Å². The highest BCUT2D eigenvalue weighted by atomic mass is 16.7. The van der Waals surface area contributed by atoms with Gasteiger partial charge in [-0.25, -0.2) is 0 Å². The van der Waals surface area contributed by atoms with Crippen molar-refractivity contribution in [3.8, 4) is 70.4 Å². The smallest absolute Gasteiger partial charge is 0.231 e. The number of ether oxygens (including phenoxy) is 4. The standard InChI is InChI=1S/C34H16O4/c1-2-6-24-10-14-28-18-32-34(38-22-36-32)20-30(28)16-12-26-8-4-3-7-25(26)11-15-29-19-33-31(35-21-37-33)17-27(29)13-9-23(24)5-1/h1-8,17-20H,21-22H2. The van der Waals surface area contributed by atoms with E-state index < -0.39 is 0 Å². The summed E-state index contributed by atoms with van der Waals surface area (Å²) < 4.78 is 22.4. The molecule has 4 aromatic rings. The number of hydrogen-bond acceptors (Lipinski definition) is 4. The Kier molecular flexibility index (Phi) is 5.16. The summed E-state index contributed by atoms with van der Waals surface area (Å²) in [4.78, 5) is 0. The third-order valence-electron chi connectivity index (χ3n) is 6.21. The van der Waals surface area contributed by atoms with Gasteiger partial charge in [0.1, 0.15) is 0 Å². The lowest BCUT2D eigenvalue weighted by Crippen LogP contribution is -1.92. The average molecular weight is 488 g/mol. The van der Waals surface area contributed by atoms with Crippen LogP contribution in [-0.2, 0) is 0 Å². The highest BCUT2D eigenvalue weighted by Crippen LogP contribution is 2.35. The first-order valence-corrected chi connectivity index (χ1v) is 11.9. The van der Waals surface area contributed by atoms with E-state index in [1.165, 1.54) is 0 Å². The van der Waals surface area contributed by atoms with E-state index in [-0.39, 0.29) is 13.6 Å². The van der Waals surface area contributed by atoms with E-state index in [2.05, 4.69) is 47.4 Å². The van der Waals surface area contributed by atoms with Crippen LogP contribution in [0.4, 0.5) is 0 Å². The van der Waals surface area contributed by atoms with Gasteiger partial charge in [0.25, 0.3) is 0 Å². The van der Waals surface area contributed by atoms with Crippen molar-refractivity contribution in [3.63, 3.8) is 0 Å². The van der Waals surface area contributed by atoms with Gasteiger partial charge in [-0.05, 0) is 24.3 Å². The Morgan fingerprint density at radius 3 is 0.842 bits per heavy atom. The Morgan fingerprint density at radius 1 is 0.342 bits per heavy atom. The third-order valence-corrected chi connectivity index (χ3v) is 6.21. The summed E-state index contributed by atoms with van der Waals surface area (Å²) in [5, 5.41) is 0. The summed E-state index contributed by atoms with van der Waals surface area (Å²) in [5.74, 6) is 28.9. The van der Waals surface area contributed by atoms with E-state index in [0.29, 0.717) is 23.0 Å². The maximum Gasteiger partial charge on any atom is 0.231 e. The summed E-state index contributed by atoms with van der Waals surface area (Å²) in [5.41, 5.74) is 6.22. The second-order valence-corrected chi connectivity index (χ2v) is 8.59. The molecular formula is C34H16O4. The minimum atomic E-state index is 0.177. The van der Waals surface area contributed by atoms with Crippen molar-refractivity contribution in [1.29, 1.82) is 0 Å². The first-order chi connectivity index (χ1) is 18.8. The van der Waals surface area contributed by atoms with Gasteiger partial charge >= 0.3 is 0 Å². The molecule has 7 rings (SSSR count). The van der Waals surface area contributed by atoms with Gasteiger partial charge in [-0.3, -0.25) is 0 Å². The number of rotatable bonds is 0. The van der Waals surface area contributed by atoms with Crippen LogP contribution in [0.1, 0.15) is 44.5 Å². The Hall–Kier alpha value is -5.68. The molecule has 0 saturated carbocycles. The van der Waals surface area contributed by atoms with Gasteiger partial charge in [-0.15, -0.1) is 0 Å². The normalized spacial score (nSPS) is 12.8. The summed E-state index contributed by atoms with van der Waals surface area (Å²) in [6, 6.07) is 23.1. The molecule has 0 atom stereocenters. The van der Waals surface area contributed by atoms with Gasteiger partial charge < -0.3 is 18.9 Å². The molecule has 0 N–H and O–H groups in total. The molecule has 0 spiro atoms. The molecule has 3 aliphatic rings. The van der Waals surface area contributed by atoms with E-state index in [4.69, 9.17) is 18.9 Å². The van der Waals surface area contributed by atoms with Crippen molar-refractivity contribution in [2.24, 2.45) is 0 Å². The van der Waals surface area contributed by atoms with Crippen LogP contribution in [0.15, 0.2) is 72.8 Å². The van der Waals surface area contributed by atoms with Crippen LogP contribution >= 0.6 is 0 Å². The molecule has 4 heteroatoms. The molecule has 4 nitrogen and oxygen atoms in total. The molecule has 0 aromatic heterocycles. The monoisotopic (exact) mass is 488 g/mol. The van der Waals surface area contributed by atoms with Crippen LogP contribution in [0.2, 0.25) is 0 Å². The zero-order valence-electron chi connectivity index (χ0n) is 20.0. The Labute approximate surface area is 220 Å². The van der Waals surface area contributed by atoms with Gasteiger partial charge in [0.2, 0.25) is 13.6 Å². The first-order valence-electron chi connectivity index (χ1n) is 11.9. The molecule has 0 saturated heterocycles. The predicted molar refractivity (Wildman–Crippen MR) is 142 cm³/mol. The van der Waals surface area contributed by atoms with E-state index >= 15 is 0 Å². The third kappa shape index (κ3) is 4.04. The predicted octanol–water partition coefficient (Wildman–Crippen LogP) is 5.06. The molecule has 0 radical (unpaired) electrons. The van der Waals surface area contributed by atoms with Crippen molar-refractivity contribution < 1.29 is 18.9 Å². The maximum atomic E-state index is 5.60. The van der Waals surface area contributed by atoms with E-state index in [9.17, 15) is 0 Å². The van der Waals surface area contributed by atoms with Crippen LogP contribution in [-0.4, -0.2) is 13.6 Å². The topological polar surface area (TPSA) is 36.9 Å². The van der Waals surface area contributed by atoms with Gasteiger partial charge in [-0.1, -0.05) is 71.6 Å². The Morgan fingerprint density at radius 2 is 0.579 bits per heavy atom. The summed E-state index contributed by atoms with van der Waals surface area (Å²) >= 11 is 0. The summed E-state index contributed by atoms with van der Waals surface area (Å²) in [6.07, 6.45) is 0. The fourth-order valence-corrected chi connectivity index (χ4v) is 4.24. The van der Waals surface area contributed by atoms with Crippen LogP contribution < -0.4 is 18.9 Å². The van der Waals surface area contributed by atoms with Crippen molar-refractivity contribution in [3.05, 3.63) is 117 Å². The van der Waals surface area contributed by atoms with Crippen LogP contribution in [0, 0.1) is 47.4 Å². The quantitative estimate of drug-likeness (QED) is 0.286. The SMILES string of the molecule is C1#Cc2cc3c(cc2C#Cc2ccccc2C#Cc2cc4c(cc2C#Cc2ccccc21)OCO4)OCO3. The first kappa shape index (κ1) is 21.6. The van der Waals surface area contributed by atoms with Crippen molar-refractivity contribution >= 4 is 0 Å². The zero-order valence-corrected chi connectivity index (χ0v) is 20.0. The lowest BCUT2D eigenvalue weighted by molar-refractivity contribution is 0.173. The van der Waals surface area contributed by atoms with Crippen LogP contribution in [0.25, 0.3) is 0 Å². The molecule has 2 heterocycles. The Balaban J connectivity index is 1.47. The molecule has 1 aliphatic carbocycles. The molecular weight excluding hydrogens is 472 g/mol. The lowest BCUT2D eigenvalue weighted by atomic mass is 10.0. The lowest BCUT2D eigenvalue weighted by Gasteiger charge is -2.03. The maximum absolute atomic E-state index is 5.60. The van der Waals surface area contributed by atoms with Gasteiger partial charge in [0, 0.05) is 68.8 Å². The van der Waals surface area contributed by atoms with Crippen LogP contribution in [0.5, 0.6) is 23.0 Å². The Bertz CT molecular complexity index is 1630. The fraction of sp³-hybridized carbons (Fsp3) is 0.0588. The fourth-order valence-electron chi connectivity index (χ4n) is 4.24. The minimum absolute atomic E-state index is 0.177. The molecule has 0 amide bonds. The highest BCUT2D eigenvalue weighted by molar-refractivity contribution is 5.66. The largest absolute Gasteiger partial charge is 0.454 e. The van der Waals surface area contributed by atoms with Crippen molar-refractivity contribution in [1.82, 2.24) is 0 Å². The average Bonchev–Trinajstić information content (AvgIpc) is 3.61. The highest BCUT2D eigenvalue weighted by Gasteiger charge is 2.17. The summed E-state index contributed by atoms with van der Waals surface area (Å²) in [7, 11) is 0. The number of hydrogen-bond donors (Lipinski definition) is 0. The second-order valence-electron chi connectivity index (χ2n) is 8.59. The molecule has 2 aliphatic heterocycles. The van der Waals surface area contributed by atoms with Gasteiger partial charge in [0.05, 0.1) is 0 Å². The zero-order chi connectivity index (χ0) is 25.3. The van der Waals surface area contributed by atoms with E-state index in [0.717, 1.165) is 44.5 Å². The van der Waals surface area contributed by atoms with Crippen molar-refractivity contribution in [2.45, 2.75) is 0 Å². The van der Waals surface area contributed by atoms with Gasteiger partial charge in [0.15, 0.2) is 23.0 Å². The molecule has 176 valence electrons. The molecule has 0 bridgehead atoms. The van der Waals surface area contributed by atoms with E-state index in [1.54, 1.807) is 0 Å². The molecule has 0 unspecified atom stereocenters. The second kappa shape index (κ2) is 9.08. The molecule has 0 fully saturated rings. The van der Waals surface area contributed by atoms with E-state index in [1.807, 2.05) is 72.8 Å². The minimum Gasteiger partial charge on any atom is -0.454 e. The van der Waals surface area contributed by atoms with Crippen LogP contribution in [0.3, 0.4) is 0 Å². The molecule has 38 heavy (non-hydrogen) atoms. The van der Waals surface area contributed by atoms with Gasteiger partial charge in [-0.2, -0.15) is 0 Å².